The van der Waals surface area contributed by atoms with E-state index in [9.17, 15) is 19.7 Å². The predicted molar refractivity (Wildman–Crippen MR) is 125 cm³/mol. The summed E-state index contributed by atoms with van der Waals surface area (Å²) in [5, 5.41) is 25.6. The minimum Gasteiger partial charge on any atom is -0.342 e. The molecule has 2 amide bonds. The van der Waals surface area contributed by atoms with Gasteiger partial charge in [0, 0.05) is 29.4 Å². The number of amides is 2. The van der Waals surface area contributed by atoms with Crippen LogP contribution in [-0.2, 0) is 11.3 Å². The van der Waals surface area contributed by atoms with Crippen molar-refractivity contribution in [3.05, 3.63) is 75.6 Å². The fourth-order valence-corrected chi connectivity index (χ4v) is 3.98. The Morgan fingerprint density at radius 1 is 1.18 bits per heavy atom. The number of anilines is 1. The third-order valence-corrected chi connectivity index (χ3v) is 5.82. The van der Waals surface area contributed by atoms with Crippen molar-refractivity contribution in [1.29, 1.82) is 0 Å². The van der Waals surface area contributed by atoms with Crippen molar-refractivity contribution in [2.24, 2.45) is 0 Å². The first-order valence-corrected chi connectivity index (χ1v) is 11.3. The van der Waals surface area contributed by atoms with Gasteiger partial charge in [0.1, 0.15) is 0 Å². The topological polar surface area (TPSA) is 132 Å². The normalized spacial score (nSPS) is 11.6. The van der Waals surface area contributed by atoms with E-state index in [0.29, 0.717) is 34.3 Å². The van der Waals surface area contributed by atoms with E-state index >= 15 is 0 Å². The Morgan fingerprint density at radius 3 is 2.58 bits per heavy atom. The molecule has 3 rings (SSSR count). The molecule has 1 atom stereocenters. The molecule has 0 aliphatic heterocycles. The highest BCUT2D eigenvalue weighted by Crippen LogP contribution is 2.24. The van der Waals surface area contributed by atoms with Gasteiger partial charge in [0.25, 0.3) is 11.6 Å². The Hall–Kier alpha value is -3.73. The number of thioether (sulfide) groups is 1. The second kappa shape index (κ2) is 10.7. The van der Waals surface area contributed by atoms with Gasteiger partial charge in [0.15, 0.2) is 11.0 Å². The van der Waals surface area contributed by atoms with Crippen LogP contribution >= 0.6 is 11.8 Å². The third-order valence-electron chi connectivity index (χ3n) is 4.85. The summed E-state index contributed by atoms with van der Waals surface area (Å²) in [6.45, 7) is 5.94. The molecule has 10 nitrogen and oxygen atoms in total. The van der Waals surface area contributed by atoms with E-state index in [0.717, 1.165) is 0 Å². The molecular formula is C22H24N6O4S. The number of nitro benzene ring substituents is 1. The van der Waals surface area contributed by atoms with Crippen LogP contribution in [0.2, 0.25) is 0 Å². The van der Waals surface area contributed by atoms with Gasteiger partial charge in [-0.15, -0.1) is 10.2 Å². The van der Waals surface area contributed by atoms with Crippen molar-refractivity contribution >= 4 is 35.0 Å². The number of rotatable bonds is 9. The predicted octanol–water partition coefficient (Wildman–Crippen LogP) is 3.74. The minimum absolute atomic E-state index is 0.0462. The van der Waals surface area contributed by atoms with Gasteiger partial charge < -0.3 is 15.2 Å². The standard InChI is InChI=1S/C22H24N6O4S/c1-4-27-20(15(3)23-21(30)16-8-6-5-7-9-16)25-26-22(27)33-13-19(29)24-17-11-10-14(2)18(12-17)28(31)32/h5-12,15H,4,13H2,1-3H3,(H,23,30)(H,24,29)/t15-/m1/s1. The summed E-state index contributed by atoms with van der Waals surface area (Å²) in [5.74, 6) is 0.0917. The number of carbonyl (C=O) groups excluding carboxylic acids is 2. The molecule has 0 radical (unpaired) electrons. The molecular weight excluding hydrogens is 444 g/mol. The van der Waals surface area contributed by atoms with Gasteiger partial charge in [-0.05, 0) is 39.0 Å². The number of benzene rings is 2. The van der Waals surface area contributed by atoms with Crippen molar-refractivity contribution in [1.82, 2.24) is 20.1 Å². The van der Waals surface area contributed by atoms with Gasteiger partial charge in [0.05, 0.1) is 16.7 Å². The molecule has 1 heterocycles. The van der Waals surface area contributed by atoms with Gasteiger partial charge in [-0.2, -0.15) is 0 Å². The van der Waals surface area contributed by atoms with Crippen LogP contribution < -0.4 is 10.6 Å². The number of hydrogen-bond donors (Lipinski definition) is 2. The second-order valence-corrected chi connectivity index (χ2v) is 8.18. The Balaban J connectivity index is 1.63. The maximum Gasteiger partial charge on any atom is 0.274 e. The molecule has 3 aromatic rings. The van der Waals surface area contributed by atoms with E-state index in [1.807, 2.05) is 24.5 Å². The Morgan fingerprint density at radius 2 is 1.91 bits per heavy atom. The SMILES string of the molecule is CCn1c(SCC(=O)Nc2ccc(C)c([N+](=O)[O-])c2)nnc1[C@@H](C)NC(=O)c1ccccc1. The van der Waals surface area contributed by atoms with Crippen molar-refractivity contribution in [2.75, 3.05) is 11.1 Å². The maximum absolute atomic E-state index is 12.4. The van der Waals surface area contributed by atoms with Crippen LogP contribution in [0, 0.1) is 17.0 Å². The molecule has 11 heteroatoms. The first-order valence-electron chi connectivity index (χ1n) is 10.3. The van der Waals surface area contributed by atoms with Gasteiger partial charge in [-0.25, -0.2) is 0 Å². The number of hydrogen-bond acceptors (Lipinski definition) is 7. The maximum atomic E-state index is 12.4. The number of nitrogens with one attached hydrogen (secondary N) is 2. The van der Waals surface area contributed by atoms with E-state index in [4.69, 9.17) is 0 Å². The number of nitro groups is 1. The van der Waals surface area contributed by atoms with Gasteiger partial charge in [-0.3, -0.25) is 19.7 Å². The fraction of sp³-hybridized carbons (Fsp3) is 0.273. The monoisotopic (exact) mass is 468 g/mol. The quantitative estimate of drug-likeness (QED) is 0.278. The molecule has 0 aliphatic rings. The summed E-state index contributed by atoms with van der Waals surface area (Å²) >= 11 is 1.20. The molecule has 0 aliphatic carbocycles. The average Bonchev–Trinajstić information content (AvgIpc) is 3.22. The van der Waals surface area contributed by atoms with Crippen molar-refractivity contribution in [3.8, 4) is 0 Å². The Kier molecular flexibility index (Phi) is 7.78. The molecule has 0 spiro atoms. The molecule has 172 valence electrons. The van der Waals surface area contributed by atoms with Gasteiger partial charge >= 0.3 is 0 Å². The highest BCUT2D eigenvalue weighted by molar-refractivity contribution is 7.99. The number of nitrogens with zero attached hydrogens (tertiary/aromatic N) is 4. The summed E-state index contributed by atoms with van der Waals surface area (Å²) in [5.41, 5.74) is 1.37. The number of aromatic nitrogens is 3. The van der Waals surface area contributed by atoms with Crippen LogP contribution in [0.25, 0.3) is 0 Å². The van der Waals surface area contributed by atoms with E-state index in [-0.39, 0.29) is 29.3 Å². The molecule has 0 saturated heterocycles. The van der Waals surface area contributed by atoms with Crippen molar-refractivity contribution < 1.29 is 14.5 Å². The van der Waals surface area contributed by atoms with E-state index < -0.39 is 4.92 Å². The molecule has 0 fully saturated rings. The summed E-state index contributed by atoms with van der Waals surface area (Å²) in [6.07, 6.45) is 0. The Bertz CT molecular complexity index is 1160. The fourth-order valence-electron chi connectivity index (χ4n) is 3.17. The molecule has 0 saturated carbocycles. The lowest BCUT2D eigenvalue weighted by Crippen LogP contribution is -2.28. The molecule has 0 unspecified atom stereocenters. The van der Waals surface area contributed by atoms with Crippen LogP contribution in [-0.4, -0.2) is 37.3 Å². The first kappa shape index (κ1) is 23.9. The zero-order valence-corrected chi connectivity index (χ0v) is 19.3. The lowest BCUT2D eigenvalue weighted by molar-refractivity contribution is -0.385. The average molecular weight is 469 g/mol. The van der Waals surface area contributed by atoms with Gasteiger partial charge in [-0.1, -0.05) is 36.0 Å². The molecule has 2 N–H and O–H groups in total. The largest absolute Gasteiger partial charge is 0.342 e. The molecule has 33 heavy (non-hydrogen) atoms. The molecule has 2 aromatic carbocycles. The zero-order valence-electron chi connectivity index (χ0n) is 18.4. The van der Waals surface area contributed by atoms with Gasteiger partial charge in [0.2, 0.25) is 5.91 Å². The van der Waals surface area contributed by atoms with Crippen LogP contribution in [0.1, 0.15) is 41.6 Å². The summed E-state index contributed by atoms with van der Waals surface area (Å²) in [6, 6.07) is 13.0. The lowest BCUT2D eigenvalue weighted by Gasteiger charge is -2.15. The highest BCUT2D eigenvalue weighted by Gasteiger charge is 2.20. The molecule has 1 aromatic heterocycles. The highest BCUT2D eigenvalue weighted by atomic mass is 32.2. The van der Waals surface area contributed by atoms with E-state index in [1.54, 1.807) is 43.3 Å². The first-order chi connectivity index (χ1) is 15.8. The minimum atomic E-state index is -0.483. The summed E-state index contributed by atoms with van der Waals surface area (Å²) in [4.78, 5) is 35.4. The van der Waals surface area contributed by atoms with E-state index in [1.165, 1.54) is 17.8 Å². The zero-order chi connectivity index (χ0) is 24.0. The number of carbonyl (C=O) groups is 2. The second-order valence-electron chi connectivity index (χ2n) is 7.24. The smallest absolute Gasteiger partial charge is 0.274 e. The third kappa shape index (κ3) is 5.95. The van der Waals surface area contributed by atoms with Crippen LogP contribution in [0.4, 0.5) is 11.4 Å². The lowest BCUT2D eigenvalue weighted by atomic mass is 10.2. The van der Waals surface area contributed by atoms with Crippen LogP contribution in [0.15, 0.2) is 53.7 Å². The van der Waals surface area contributed by atoms with Crippen molar-refractivity contribution in [3.63, 3.8) is 0 Å². The Labute approximate surface area is 194 Å². The van der Waals surface area contributed by atoms with Crippen LogP contribution in [0.3, 0.4) is 0 Å². The molecule has 0 bridgehead atoms. The van der Waals surface area contributed by atoms with Crippen LogP contribution in [0.5, 0.6) is 0 Å². The summed E-state index contributed by atoms with van der Waals surface area (Å²) < 4.78 is 1.84. The summed E-state index contributed by atoms with van der Waals surface area (Å²) in [7, 11) is 0. The number of aryl methyl sites for hydroxylation is 1. The van der Waals surface area contributed by atoms with E-state index in [2.05, 4.69) is 20.8 Å². The van der Waals surface area contributed by atoms with Crippen molar-refractivity contribution in [2.45, 2.75) is 38.5 Å².